The molecule has 0 aliphatic heterocycles. The van der Waals surface area contributed by atoms with Crippen molar-refractivity contribution in [2.24, 2.45) is 17.8 Å². The molecule has 2 amide bonds. The fourth-order valence-electron chi connectivity index (χ4n) is 4.49. The molecule has 2 fully saturated rings. The molecule has 4 unspecified atom stereocenters. The van der Waals surface area contributed by atoms with Gasteiger partial charge in [-0.3, -0.25) is 14.9 Å². The molecule has 0 saturated heterocycles. The van der Waals surface area contributed by atoms with Gasteiger partial charge >= 0.3 is 0 Å². The molecule has 2 saturated carbocycles. The van der Waals surface area contributed by atoms with Crippen LogP contribution in [-0.2, 0) is 11.2 Å². The highest BCUT2D eigenvalue weighted by Gasteiger charge is 2.42. The summed E-state index contributed by atoms with van der Waals surface area (Å²) in [5.74, 6) is 2.18. The molecule has 26 heavy (non-hydrogen) atoms. The Morgan fingerprint density at radius 3 is 2.96 bits per heavy atom. The Kier molecular flexibility index (Phi) is 4.80. The van der Waals surface area contributed by atoms with Crippen molar-refractivity contribution in [3.05, 3.63) is 35.2 Å². The second-order valence-electron chi connectivity index (χ2n) is 7.45. The number of nitrogens with one attached hydrogen (secondary N) is 2. The number of nitrogens with zero attached hydrogens (tertiary/aromatic N) is 1. The maximum absolute atomic E-state index is 12.4. The molecular weight excluding hydrogens is 350 g/mol. The van der Waals surface area contributed by atoms with Gasteiger partial charge in [-0.15, -0.1) is 11.3 Å². The molecule has 0 aromatic carbocycles. The van der Waals surface area contributed by atoms with Crippen LogP contribution >= 0.6 is 11.3 Å². The van der Waals surface area contributed by atoms with E-state index in [-0.39, 0.29) is 30.0 Å². The molecule has 0 radical (unpaired) electrons. The van der Waals surface area contributed by atoms with E-state index < -0.39 is 0 Å². The average Bonchev–Trinajstić information content (AvgIpc) is 3.39. The molecule has 7 heteroatoms. The van der Waals surface area contributed by atoms with E-state index in [0.717, 1.165) is 11.8 Å². The Morgan fingerprint density at radius 1 is 1.38 bits per heavy atom. The van der Waals surface area contributed by atoms with Crippen molar-refractivity contribution >= 4 is 28.3 Å². The summed E-state index contributed by atoms with van der Waals surface area (Å²) in [6.45, 7) is 2.12. The van der Waals surface area contributed by atoms with Crippen LogP contribution < -0.4 is 10.6 Å². The van der Waals surface area contributed by atoms with Crippen molar-refractivity contribution in [1.29, 1.82) is 0 Å². The Bertz CT molecular complexity index is 786. The van der Waals surface area contributed by atoms with Crippen LogP contribution in [0.2, 0.25) is 0 Å². The Morgan fingerprint density at radius 2 is 2.27 bits per heavy atom. The summed E-state index contributed by atoms with van der Waals surface area (Å²) >= 11 is 1.31. The number of thiazole rings is 1. The molecule has 2 aromatic rings. The standard InChI is InChI=1S/C19H23N3O3S/c1-11(15-8-12-4-5-13(15)7-12)20-17(23)9-14-10-26-19(21-14)22-18(24)16-3-2-6-25-16/h2-3,6,10-13,15H,4-5,7-9H2,1H3,(H,20,23)(H,21,22,24). The third-order valence-electron chi connectivity index (χ3n) is 5.68. The predicted octanol–water partition coefficient (Wildman–Crippen LogP) is 3.47. The quantitative estimate of drug-likeness (QED) is 0.812. The van der Waals surface area contributed by atoms with Crippen molar-refractivity contribution in [2.75, 3.05) is 5.32 Å². The highest BCUT2D eigenvalue weighted by atomic mass is 32.1. The summed E-state index contributed by atoms with van der Waals surface area (Å²) in [4.78, 5) is 28.6. The SMILES string of the molecule is CC(NC(=O)Cc1csc(NC(=O)c2ccco2)n1)C1CC2CCC1C2. The zero-order chi connectivity index (χ0) is 18.1. The van der Waals surface area contributed by atoms with E-state index in [9.17, 15) is 9.59 Å². The van der Waals surface area contributed by atoms with Crippen molar-refractivity contribution in [3.63, 3.8) is 0 Å². The highest BCUT2D eigenvalue weighted by molar-refractivity contribution is 7.14. The van der Waals surface area contributed by atoms with E-state index in [4.69, 9.17) is 4.42 Å². The lowest BCUT2D eigenvalue weighted by molar-refractivity contribution is -0.121. The first-order chi connectivity index (χ1) is 12.6. The van der Waals surface area contributed by atoms with Gasteiger partial charge in [0.2, 0.25) is 5.91 Å². The summed E-state index contributed by atoms with van der Waals surface area (Å²) in [7, 11) is 0. The topological polar surface area (TPSA) is 84.2 Å². The summed E-state index contributed by atoms with van der Waals surface area (Å²) in [6.07, 6.45) is 6.97. The predicted molar refractivity (Wildman–Crippen MR) is 99.0 cm³/mol. The van der Waals surface area contributed by atoms with Crippen LogP contribution in [0, 0.1) is 17.8 Å². The minimum Gasteiger partial charge on any atom is -0.459 e. The molecule has 138 valence electrons. The first kappa shape index (κ1) is 17.3. The number of carbonyl (C=O) groups is 2. The number of rotatable bonds is 6. The van der Waals surface area contributed by atoms with E-state index in [1.165, 1.54) is 43.3 Å². The lowest BCUT2D eigenvalue weighted by Gasteiger charge is -2.28. The van der Waals surface area contributed by atoms with Gasteiger partial charge in [-0.25, -0.2) is 4.98 Å². The Hall–Kier alpha value is -2.15. The van der Waals surface area contributed by atoms with E-state index in [1.54, 1.807) is 17.5 Å². The van der Waals surface area contributed by atoms with Crippen molar-refractivity contribution in [2.45, 2.75) is 45.1 Å². The first-order valence-corrected chi connectivity index (χ1v) is 10.0. The molecule has 2 aliphatic carbocycles. The summed E-state index contributed by atoms with van der Waals surface area (Å²) in [5.41, 5.74) is 0.669. The number of carbonyl (C=O) groups excluding carboxylic acids is 2. The molecule has 2 heterocycles. The minimum atomic E-state index is -0.342. The van der Waals surface area contributed by atoms with Crippen molar-refractivity contribution in [1.82, 2.24) is 10.3 Å². The van der Waals surface area contributed by atoms with Gasteiger partial charge in [0.1, 0.15) is 0 Å². The van der Waals surface area contributed by atoms with Gasteiger partial charge in [0.15, 0.2) is 10.9 Å². The molecule has 4 atom stereocenters. The van der Waals surface area contributed by atoms with Crippen molar-refractivity contribution < 1.29 is 14.0 Å². The largest absolute Gasteiger partial charge is 0.459 e. The van der Waals surface area contributed by atoms with Gasteiger partial charge in [-0.1, -0.05) is 6.42 Å². The molecule has 4 rings (SSSR count). The lowest BCUT2D eigenvalue weighted by Crippen LogP contribution is -2.40. The minimum absolute atomic E-state index is 0.00511. The molecular formula is C19H23N3O3S. The second-order valence-corrected chi connectivity index (χ2v) is 8.31. The number of aromatic nitrogens is 1. The number of anilines is 1. The molecule has 2 aliphatic rings. The van der Waals surface area contributed by atoms with Gasteiger partial charge < -0.3 is 9.73 Å². The number of hydrogen-bond donors (Lipinski definition) is 2. The van der Waals surface area contributed by atoms with E-state index >= 15 is 0 Å². The zero-order valence-corrected chi connectivity index (χ0v) is 15.6. The van der Waals surface area contributed by atoms with Gasteiger partial charge in [-0.2, -0.15) is 0 Å². The Balaban J connectivity index is 1.28. The Labute approximate surface area is 156 Å². The molecule has 2 N–H and O–H groups in total. The smallest absolute Gasteiger partial charge is 0.293 e. The van der Waals surface area contributed by atoms with Crippen LogP contribution in [0.3, 0.4) is 0 Å². The van der Waals surface area contributed by atoms with Crippen LogP contribution in [0.1, 0.15) is 48.9 Å². The molecule has 2 aromatic heterocycles. The van der Waals surface area contributed by atoms with Crippen LogP contribution in [0.4, 0.5) is 5.13 Å². The van der Waals surface area contributed by atoms with Crippen LogP contribution in [0.25, 0.3) is 0 Å². The maximum Gasteiger partial charge on any atom is 0.293 e. The molecule has 2 bridgehead atoms. The van der Waals surface area contributed by atoms with E-state index in [2.05, 4.69) is 22.5 Å². The van der Waals surface area contributed by atoms with Crippen molar-refractivity contribution in [3.8, 4) is 0 Å². The van der Waals surface area contributed by atoms with Crippen LogP contribution in [0.5, 0.6) is 0 Å². The molecule has 0 spiro atoms. The summed E-state index contributed by atoms with van der Waals surface area (Å²) in [6, 6.07) is 3.47. The lowest BCUT2D eigenvalue weighted by atomic mass is 9.84. The van der Waals surface area contributed by atoms with Crippen LogP contribution in [-0.4, -0.2) is 22.8 Å². The highest BCUT2D eigenvalue weighted by Crippen LogP contribution is 2.49. The zero-order valence-electron chi connectivity index (χ0n) is 14.7. The summed E-state index contributed by atoms with van der Waals surface area (Å²) < 4.78 is 5.05. The average molecular weight is 373 g/mol. The monoisotopic (exact) mass is 373 g/mol. The number of hydrogen-bond acceptors (Lipinski definition) is 5. The number of amides is 2. The van der Waals surface area contributed by atoms with Crippen LogP contribution in [0.15, 0.2) is 28.2 Å². The first-order valence-electron chi connectivity index (χ1n) is 9.17. The third-order valence-corrected chi connectivity index (χ3v) is 6.49. The maximum atomic E-state index is 12.4. The number of furan rings is 1. The van der Waals surface area contributed by atoms with Gasteiger partial charge in [0.25, 0.3) is 5.91 Å². The second kappa shape index (κ2) is 7.23. The van der Waals surface area contributed by atoms with Gasteiger partial charge in [-0.05, 0) is 56.1 Å². The van der Waals surface area contributed by atoms with Gasteiger partial charge in [0, 0.05) is 11.4 Å². The van der Waals surface area contributed by atoms with E-state index in [0.29, 0.717) is 16.7 Å². The number of fused-ring (bicyclic) bond motifs is 2. The molecule has 6 nitrogen and oxygen atoms in total. The van der Waals surface area contributed by atoms with Gasteiger partial charge in [0.05, 0.1) is 18.4 Å². The summed E-state index contributed by atoms with van der Waals surface area (Å²) in [5, 5.41) is 8.11. The fraction of sp³-hybridized carbons (Fsp3) is 0.526. The normalized spacial score (nSPS) is 25.2. The third kappa shape index (κ3) is 3.67. The van der Waals surface area contributed by atoms with E-state index in [1.807, 2.05) is 0 Å². The fourth-order valence-corrected chi connectivity index (χ4v) is 5.20.